The third-order valence-corrected chi connectivity index (χ3v) is 6.31. The fourth-order valence-corrected chi connectivity index (χ4v) is 4.40. The summed E-state index contributed by atoms with van der Waals surface area (Å²) in [4.78, 5) is 24.2. The van der Waals surface area contributed by atoms with Gasteiger partial charge in [-0.05, 0) is 71.5 Å². The standard InChI is InChI=1S/C25H21Cl3IN3O4/c1-2-35-22-10-15(9-20(29)25(22)36-14-16-7-8-17(26)11-19(16)28)13-30-32-24(34)12-23(33)31-21-6-4-3-5-18(21)27/h3-11,13H,2,12,14H2,1H3,(H,31,33)(H,32,34). The van der Waals surface area contributed by atoms with E-state index < -0.39 is 18.2 Å². The lowest BCUT2D eigenvalue weighted by Gasteiger charge is -2.15. The highest BCUT2D eigenvalue weighted by Gasteiger charge is 2.14. The molecular formula is C25H21Cl3IN3O4. The van der Waals surface area contributed by atoms with Gasteiger partial charge in [0.2, 0.25) is 11.8 Å². The zero-order valence-corrected chi connectivity index (χ0v) is 23.4. The molecule has 2 N–H and O–H groups in total. The fourth-order valence-electron chi connectivity index (χ4n) is 2.98. The van der Waals surface area contributed by atoms with Gasteiger partial charge in [-0.15, -0.1) is 0 Å². The molecule has 0 aliphatic rings. The molecule has 36 heavy (non-hydrogen) atoms. The molecular weight excluding hydrogens is 640 g/mol. The van der Waals surface area contributed by atoms with Crippen LogP contribution in [0.4, 0.5) is 5.69 Å². The highest BCUT2D eigenvalue weighted by molar-refractivity contribution is 14.1. The van der Waals surface area contributed by atoms with E-state index in [2.05, 4.69) is 38.4 Å². The lowest BCUT2D eigenvalue weighted by Crippen LogP contribution is -2.24. The number of ether oxygens (including phenoxy) is 2. The Kier molecular flexibility index (Phi) is 10.7. The molecule has 0 fully saturated rings. The number of benzene rings is 3. The third kappa shape index (κ3) is 8.26. The first-order valence-corrected chi connectivity index (χ1v) is 12.9. The number of halogens is 4. The maximum absolute atomic E-state index is 12.1. The molecule has 0 aliphatic heterocycles. The van der Waals surface area contributed by atoms with Crippen LogP contribution in [0.25, 0.3) is 0 Å². The van der Waals surface area contributed by atoms with Crippen molar-refractivity contribution in [3.63, 3.8) is 0 Å². The summed E-state index contributed by atoms with van der Waals surface area (Å²) in [5, 5.41) is 7.97. The second-order valence-corrected chi connectivity index (χ2v) is 9.70. The Hall–Kier alpha value is -2.53. The third-order valence-electron chi connectivity index (χ3n) is 4.59. The zero-order valence-electron chi connectivity index (χ0n) is 19.0. The van der Waals surface area contributed by atoms with Gasteiger partial charge in [-0.25, -0.2) is 5.43 Å². The van der Waals surface area contributed by atoms with Crippen LogP contribution in [0.3, 0.4) is 0 Å². The number of hydrogen-bond donors (Lipinski definition) is 2. The van der Waals surface area contributed by atoms with Gasteiger partial charge in [-0.3, -0.25) is 9.59 Å². The van der Waals surface area contributed by atoms with Gasteiger partial charge in [-0.1, -0.05) is 53.0 Å². The van der Waals surface area contributed by atoms with E-state index in [4.69, 9.17) is 44.3 Å². The molecule has 11 heteroatoms. The van der Waals surface area contributed by atoms with Gasteiger partial charge in [0.15, 0.2) is 11.5 Å². The van der Waals surface area contributed by atoms with Crippen LogP contribution in [0.2, 0.25) is 15.1 Å². The van der Waals surface area contributed by atoms with Crippen molar-refractivity contribution in [1.29, 1.82) is 0 Å². The van der Waals surface area contributed by atoms with Crippen molar-refractivity contribution in [1.82, 2.24) is 5.43 Å². The number of carbonyl (C=O) groups excluding carboxylic acids is 2. The topological polar surface area (TPSA) is 89.0 Å². The Bertz CT molecular complexity index is 1290. The molecule has 0 saturated heterocycles. The number of anilines is 1. The van der Waals surface area contributed by atoms with Crippen LogP contribution in [-0.2, 0) is 16.2 Å². The molecule has 0 aliphatic carbocycles. The smallest absolute Gasteiger partial charge is 0.249 e. The molecule has 0 saturated carbocycles. The normalized spacial score (nSPS) is 10.8. The number of amides is 2. The summed E-state index contributed by atoms with van der Waals surface area (Å²) in [6.45, 7) is 2.51. The lowest BCUT2D eigenvalue weighted by molar-refractivity contribution is -0.126. The second kappa shape index (κ2) is 13.7. The minimum atomic E-state index is -0.574. The Morgan fingerprint density at radius 1 is 1.00 bits per heavy atom. The predicted molar refractivity (Wildman–Crippen MR) is 152 cm³/mol. The summed E-state index contributed by atoms with van der Waals surface area (Å²) in [5.41, 5.74) is 4.22. The van der Waals surface area contributed by atoms with Gasteiger partial charge in [0.1, 0.15) is 13.0 Å². The number of rotatable bonds is 10. The van der Waals surface area contributed by atoms with E-state index in [-0.39, 0.29) is 6.61 Å². The number of nitrogens with one attached hydrogen (secondary N) is 2. The fraction of sp³-hybridized carbons (Fsp3) is 0.160. The van der Waals surface area contributed by atoms with Crippen LogP contribution in [0.1, 0.15) is 24.5 Å². The molecule has 0 radical (unpaired) electrons. The highest BCUT2D eigenvalue weighted by Crippen LogP contribution is 2.35. The molecule has 0 spiro atoms. The van der Waals surface area contributed by atoms with Crippen LogP contribution in [0, 0.1) is 3.57 Å². The quantitative estimate of drug-likeness (QED) is 0.110. The van der Waals surface area contributed by atoms with Gasteiger partial charge in [-0.2, -0.15) is 5.10 Å². The average molecular weight is 661 g/mol. The van der Waals surface area contributed by atoms with E-state index >= 15 is 0 Å². The Balaban J connectivity index is 1.62. The molecule has 0 heterocycles. The number of hydrogen-bond acceptors (Lipinski definition) is 5. The Morgan fingerprint density at radius 2 is 1.78 bits per heavy atom. The number of hydrazone groups is 1. The lowest BCUT2D eigenvalue weighted by atomic mass is 10.2. The molecule has 188 valence electrons. The van der Waals surface area contributed by atoms with Crippen molar-refractivity contribution in [2.24, 2.45) is 5.10 Å². The van der Waals surface area contributed by atoms with Crippen LogP contribution >= 0.6 is 57.4 Å². The van der Waals surface area contributed by atoms with Crippen LogP contribution < -0.4 is 20.2 Å². The van der Waals surface area contributed by atoms with Crippen molar-refractivity contribution < 1.29 is 19.1 Å². The van der Waals surface area contributed by atoms with Gasteiger partial charge in [0, 0.05) is 15.6 Å². The average Bonchev–Trinajstić information content (AvgIpc) is 2.81. The molecule has 2 amide bonds. The first-order chi connectivity index (χ1) is 17.3. The van der Waals surface area contributed by atoms with Crippen molar-refractivity contribution >= 4 is 81.1 Å². The SMILES string of the molecule is CCOc1cc(C=NNC(=O)CC(=O)Nc2ccccc2Cl)cc(I)c1OCc1ccc(Cl)cc1Cl. The van der Waals surface area contributed by atoms with E-state index in [1.807, 2.05) is 13.0 Å². The first kappa shape index (κ1) is 28.0. The van der Waals surface area contributed by atoms with Gasteiger partial charge in [0.05, 0.1) is 27.1 Å². The summed E-state index contributed by atoms with van der Waals surface area (Å²) in [7, 11) is 0. The van der Waals surface area contributed by atoms with Crippen molar-refractivity contribution in [3.05, 3.63) is 84.4 Å². The predicted octanol–water partition coefficient (Wildman–Crippen LogP) is 6.71. The van der Waals surface area contributed by atoms with Crippen LogP contribution in [0.15, 0.2) is 59.7 Å². The Morgan fingerprint density at radius 3 is 2.50 bits per heavy atom. The minimum absolute atomic E-state index is 0.228. The van der Waals surface area contributed by atoms with E-state index in [9.17, 15) is 9.59 Å². The molecule has 3 aromatic rings. The number of carbonyl (C=O) groups is 2. The van der Waals surface area contributed by atoms with E-state index in [0.717, 1.165) is 9.13 Å². The molecule has 3 rings (SSSR count). The van der Waals surface area contributed by atoms with E-state index in [1.54, 1.807) is 48.5 Å². The maximum Gasteiger partial charge on any atom is 0.249 e. The first-order valence-electron chi connectivity index (χ1n) is 10.7. The molecule has 0 bridgehead atoms. The van der Waals surface area contributed by atoms with Crippen LogP contribution in [-0.4, -0.2) is 24.6 Å². The molecule has 0 atom stereocenters. The molecule has 0 unspecified atom stereocenters. The minimum Gasteiger partial charge on any atom is -0.490 e. The summed E-state index contributed by atoms with van der Waals surface area (Å²) < 4.78 is 12.5. The van der Waals surface area contributed by atoms with Crippen molar-refractivity contribution in [3.8, 4) is 11.5 Å². The van der Waals surface area contributed by atoms with E-state index in [1.165, 1.54) is 6.21 Å². The summed E-state index contributed by atoms with van der Waals surface area (Å²) >= 11 is 20.3. The Labute approximate surface area is 237 Å². The number of para-hydroxylation sites is 1. The van der Waals surface area contributed by atoms with Gasteiger partial charge < -0.3 is 14.8 Å². The summed E-state index contributed by atoms with van der Waals surface area (Å²) in [6.07, 6.45) is 1.04. The molecule has 0 aromatic heterocycles. The van der Waals surface area contributed by atoms with Gasteiger partial charge >= 0.3 is 0 Å². The summed E-state index contributed by atoms with van der Waals surface area (Å²) in [6, 6.07) is 15.5. The maximum atomic E-state index is 12.1. The van der Waals surface area contributed by atoms with Crippen molar-refractivity contribution in [2.75, 3.05) is 11.9 Å². The summed E-state index contributed by atoms with van der Waals surface area (Å²) in [5.74, 6) is -0.0103. The van der Waals surface area contributed by atoms with E-state index in [0.29, 0.717) is 44.4 Å². The number of nitrogens with zero attached hydrogens (tertiary/aromatic N) is 1. The van der Waals surface area contributed by atoms with Crippen molar-refractivity contribution in [2.45, 2.75) is 20.0 Å². The molecule has 3 aromatic carbocycles. The largest absolute Gasteiger partial charge is 0.490 e. The zero-order chi connectivity index (χ0) is 26.1. The van der Waals surface area contributed by atoms with Crippen LogP contribution in [0.5, 0.6) is 11.5 Å². The second-order valence-electron chi connectivity index (χ2n) is 7.29. The van der Waals surface area contributed by atoms with Gasteiger partial charge in [0.25, 0.3) is 0 Å². The monoisotopic (exact) mass is 659 g/mol. The highest BCUT2D eigenvalue weighted by atomic mass is 127. The molecule has 7 nitrogen and oxygen atoms in total.